The van der Waals surface area contributed by atoms with Gasteiger partial charge in [-0.3, -0.25) is 0 Å². The van der Waals surface area contributed by atoms with Crippen LogP contribution < -0.4 is 11.1 Å². The molecule has 0 aliphatic heterocycles. The third kappa shape index (κ3) is 3.55. The van der Waals surface area contributed by atoms with Gasteiger partial charge in [0.05, 0.1) is 0 Å². The maximum absolute atomic E-state index is 5.54. The molecule has 1 aliphatic rings. The first-order valence-corrected chi connectivity index (χ1v) is 5.26. The molecule has 1 fully saturated rings. The third-order valence-electron chi connectivity index (χ3n) is 2.83. The molecule has 0 aromatic rings. The highest BCUT2D eigenvalue weighted by Gasteiger charge is 2.13. The molecule has 1 atom stereocenters. The molecule has 0 bridgehead atoms. The number of hydrogen-bond donors (Lipinski definition) is 2. The van der Waals surface area contributed by atoms with Crippen molar-refractivity contribution in [3.63, 3.8) is 0 Å². The molecular weight excluding hydrogens is 148 g/mol. The van der Waals surface area contributed by atoms with E-state index >= 15 is 0 Å². The molecule has 0 saturated heterocycles. The van der Waals surface area contributed by atoms with Gasteiger partial charge in [-0.2, -0.15) is 0 Å². The van der Waals surface area contributed by atoms with Crippen molar-refractivity contribution >= 4 is 0 Å². The maximum atomic E-state index is 5.54. The molecule has 2 nitrogen and oxygen atoms in total. The van der Waals surface area contributed by atoms with Gasteiger partial charge in [-0.1, -0.05) is 19.8 Å². The lowest BCUT2D eigenvalue weighted by Crippen LogP contribution is -2.28. The summed E-state index contributed by atoms with van der Waals surface area (Å²) in [5.41, 5.74) is 5.54. The molecule has 0 heterocycles. The van der Waals surface area contributed by atoms with Crippen molar-refractivity contribution in [2.75, 3.05) is 13.1 Å². The van der Waals surface area contributed by atoms with Crippen LogP contribution in [0.5, 0.6) is 0 Å². The molecule has 0 amide bonds. The van der Waals surface area contributed by atoms with Crippen LogP contribution >= 0.6 is 0 Å². The Morgan fingerprint density at radius 3 is 2.67 bits per heavy atom. The minimum atomic E-state index is 0.680. The van der Waals surface area contributed by atoms with E-state index in [4.69, 9.17) is 5.73 Å². The van der Waals surface area contributed by atoms with Crippen LogP contribution in [0.3, 0.4) is 0 Å². The molecule has 0 aromatic carbocycles. The zero-order chi connectivity index (χ0) is 8.81. The molecule has 0 spiro atoms. The van der Waals surface area contributed by atoms with Gasteiger partial charge in [-0.15, -0.1) is 0 Å². The summed E-state index contributed by atoms with van der Waals surface area (Å²) in [4.78, 5) is 0. The van der Waals surface area contributed by atoms with Gasteiger partial charge >= 0.3 is 0 Å². The number of rotatable bonds is 5. The van der Waals surface area contributed by atoms with E-state index in [9.17, 15) is 0 Å². The summed E-state index contributed by atoms with van der Waals surface area (Å²) in [6, 6.07) is 0.815. The summed E-state index contributed by atoms with van der Waals surface area (Å²) in [6.07, 6.45) is 6.84. The third-order valence-corrected chi connectivity index (χ3v) is 2.83. The summed E-state index contributed by atoms with van der Waals surface area (Å²) in [5.74, 6) is 0.680. The fourth-order valence-corrected chi connectivity index (χ4v) is 1.78. The highest BCUT2D eigenvalue weighted by atomic mass is 14.9. The molecule has 12 heavy (non-hydrogen) atoms. The minimum Gasteiger partial charge on any atom is -0.330 e. The van der Waals surface area contributed by atoms with Crippen LogP contribution in [0.1, 0.15) is 39.0 Å². The first-order chi connectivity index (χ1) is 5.83. The van der Waals surface area contributed by atoms with Crippen LogP contribution in [0.15, 0.2) is 0 Å². The van der Waals surface area contributed by atoms with Gasteiger partial charge in [-0.05, 0) is 38.3 Å². The molecule has 3 N–H and O–H groups in total. The quantitative estimate of drug-likeness (QED) is 0.656. The monoisotopic (exact) mass is 170 g/mol. The largest absolute Gasteiger partial charge is 0.330 e. The van der Waals surface area contributed by atoms with Gasteiger partial charge in [0.1, 0.15) is 0 Å². The SMILES string of the molecule is CC(CN)CCNC1CCCC1. The highest BCUT2D eigenvalue weighted by Crippen LogP contribution is 2.17. The van der Waals surface area contributed by atoms with Crippen LogP contribution in [0.2, 0.25) is 0 Å². The van der Waals surface area contributed by atoms with Crippen molar-refractivity contribution in [1.29, 1.82) is 0 Å². The Morgan fingerprint density at radius 1 is 1.42 bits per heavy atom. The number of nitrogens with one attached hydrogen (secondary N) is 1. The Hall–Kier alpha value is -0.0800. The number of nitrogens with two attached hydrogens (primary N) is 1. The normalized spacial score (nSPS) is 21.5. The minimum absolute atomic E-state index is 0.680. The van der Waals surface area contributed by atoms with E-state index in [1.165, 1.54) is 32.1 Å². The van der Waals surface area contributed by atoms with Crippen LogP contribution in [-0.2, 0) is 0 Å². The van der Waals surface area contributed by atoms with Gasteiger partial charge in [0.2, 0.25) is 0 Å². The molecule has 1 saturated carbocycles. The van der Waals surface area contributed by atoms with Crippen molar-refractivity contribution in [2.45, 2.75) is 45.1 Å². The Morgan fingerprint density at radius 2 is 2.08 bits per heavy atom. The molecule has 1 rings (SSSR count). The fourth-order valence-electron chi connectivity index (χ4n) is 1.78. The molecular formula is C10H22N2. The summed E-state index contributed by atoms with van der Waals surface area (Å²) in [5, 5.41) is 3.59. The second kappa shape index (κ2) is 5.55. The van der Waals surface area contributed by atoms with Crippen LogP contribution in [0.25, 0.3) is 0 Å². The lowest BCUT2D eigenvalue weighted by molar-refractivity contribution is 0.460. The molecule has 0 aromatic heterocycles. The molecule has 1 aliphatic carbocycles. The smallest absolute Gasteiger partial charge is 0.00670 e. The van der Waals surface area contributed by atoms with E-state index in [1.54, 1.807) is 0 Å². The van der Waals surface area contributed by atoms with Crippen molar-refractivity contribution < 1.29 is 0 Å². The molecule has 1 unspecified atom stereocenters. The van der Waals surface area contributed by atoms with Crippen molar-refractivity contribution in [2.24, 2.45) is 11.7 Å². The zero-order valence-corrected chi connectivity index (χ0v) is 8.18. The molecule has 72 valence electrons. The van der Waals surface area contributed by atoms with Crippen LogP contribution in [0, 0.1) is 5.92 Å². The van der Waals surface area contributed by atoms with Gasteiger partial charge in [0, 0.05) is 6.04 Å². The maximum Gasteiger partial charge on any atom is 0.00670 e. The summed E-state index contributed by atoms with van der Waals surface area (Å²) in [7, 11) is 0. The first kappa shape index (κ1) is 10.0. The Balaban J connectivity index is 1.94. The van der Waals surface area contributed by atoms with E-state index in [1.807, 2.05) is 0 Å². The average molecular weight is 170 g/mol. The highest BCUT2D eigenvalue weighted by molar-refractivity contribution is 4.73. The predicted octanol–water partition coefficient (Wildman–Crippen LogP) is 1.50. The Labute approximate surface area is 75.9 Å². The van der Waals surface area contributed by atoms with Gasteiger partial charge in [0.25, 0.3) is 0 Å². The second-order valence-electron chi connectivity index (χ2n) is 4.07. The Bertz CT molecular complexity index is 108. The lowest BCUT2D eigenvalue weighted by Gasteiger charge is -2.13. The van der Waals surface area contributed by atoms with Crippen molar-refractivity contribution in [1.82, 2.24) is 5.32 Å². The lowest BCUT2D eigenvalue weighted by atomic mass is 10.1. The topological polar surface area (TPSA) is 38.0 Å². The van der Waals surface area contributed by atoms with E-state index in [0.717, 1.165) is 19.1 Å². The van der Waals surface area contributed by atoms with Gasteiger partial charge in [-0.25, -0.2) is 0 Å². The summed E-state index contributed by atoms with van der Waals surface area (Å²) in [6.45, 7) is 4.20. The predicted molar refractivity (Wildman–Crippen MR) is 53.1 cm³/mol. The van der Waals surface area contributed by atoms with E-state index in [0.29, 0.717) is 5.92 Å². The van der Waals surface area contributed by atoms with E-state index < -0.39 is 0 Å². The Kier molecular flexibility index (Phi) is 4.62. The molecule has 2 heteroatoms. The van der Waals surface area contributed by atoms with E-state index in [2.05, 4.69) is 12.2 Å². The van der Waals surface area contributed by atoms with Crippen molar-refractivity contribution in [3.05, 3.63) is 0 Å². The van der Waals surface area contributed by atoms with Crippen LogP contribution in [-0.4, -0.2) is 19.1 Å². The zero-order valence-electron chi connectivity index (χ0n) is 8.18. The summed E-state index contributed by atoms with van der Waals surface area (Å²) < 4.78 is 0. The average Bonchev–Trinajstić information content (AvgIpc) is 2.57. The van der Waals surface area contributed by atoms with E-state index in [-0.39, 0.29) is 0 Å². The van der Waals surface area contributed by atoms with Crippen LogP contribution in [0.4, 0.5) is 0 Å². The number of hydrogen-bond acceptors (Lipinski definition) is 2. The summed E-state index contributed by atoms with van der Waals surface area (Å²) >= 11 is 0. The fraction of sp³-hybridized carbons (Fsp3) is 1.00. The van der Waals surface area contributed by atoms with Gasteiger partial charge in [0.15, 0.2) is 0 Å². The van der Waals surface area contributed by atoms with Crippen molar-refractivity contribution in [3.8, 4) is 0 Å². The first-order valence-electron chi connectivity index (χ1n) is 5.26. The molecule has 0 radical (unpaired) electrons. The standard InChI is InChI=1S/C10H22N2/c1-9(8-11)6-7-12-10-4-2-3-5-10/h9-10,12H,2-8,11H2,1H3. The second-order valence-corrected chi connectivity index (χ2v) is 4.07. The van der Waals surface area contributed by atoms with Gasteiger partial charge < -0.3 is 11.1 Å².